The van der Waals surface area contributed by atoms with Crippen LogP contribution in [0.1, 0.15) is 28.8 Å². The summed E-state index contributed by atoms with van der Waals surface area (Å²) in [7, 11) is 3.50. The lowest BCUT2D eigenvalue weighted by Gasteiger charge is -2.32. The number of carbonyl (C=O) groups is 2. The monoisotopic (exact) mass is 494 g/mol. The number of nitrogens with one attached hydrogen (secondary N) is 2. The van der Waals surface area contributed by atoms with Crippen molar-refractivity contribution in [2.24, 2.45) is 7.05 Å². The van der Waals surface area contributed by atoms with Gasteiger partial charge in [-0.05, 0) is 48.7 Å². The minimum Gasteiger partial charge on any atom is -0.497 e. The van der Waals surface area contributed by atoms with Crippen molar-refractivity contribution in [2.45, 2.75) is 30.6 Å². The molecule has 35 heavy (non-hydrogen) atoms. The average Bonchev–Trinajstić information content (AvgIpc) is 3.29. The minimum absolute atomic E-state index is 0.124. The number of piperidine rings is 1. The highest BCUT2D eigenvalue weighted by atomic mass is 32.2. The summed E-state index contributed by atoms with van der Waals surface area (Å²) in [5.41, 5.74) is 2.34. The standard InChI is InChI=1S/C25H30N6O3S/c1-30-17-26-29-25(30)35-16-23(32)27-21-7-4-6-19(14-21)24(33)28-20-9-11-31(12-10-20)15-18-5-3-8-22(13-18)34-2/h3-8,13-14,17,20H,9-12,15-16H2,1-2H3,(H,27,32)(H,28,33). The van der Waals surface area contributed by atoms with Gasteiger partial charge in [-0.3, -0.25) is 14.5 Å². The first-order chi connectivity index (χ1) is 17.0. The highest BCUT2D eigenvalue weighted by Crippen LogP contribution is 2.19. The molecule has 1 aromatic heterocycles. The van der Waals surface area contributed by atoms with E-state index in [2.05, 4.69) is 37.9 Å². The van der Waals surface area contributed by atoms with Crippen LogP contribution in [-0.2, 0) is 18.4 Å². The van der Waals surface area contributed by atoms with E-state index in [9.17, 15) is 9.59 Å². The number of rotatable bonds is 9. The van der Waals surface area contributed by atoms with Crippen LogP contribution in [0, 0.1) is 0 Å². The molecular weight excluding hydrogens is 464 g/mol. The number of hydrogen-bond donors (Lipinski definition) is 2. The van der Waals surface area contributed by atoms with E-state index in [1.807, 2.05) is 19.2 Å². The molecule has 1 aliphatic heterocycles. The summed E-state index contributed by atoms with van der Waals surface area (Å²) in [6.07, 6.45) is 3.38. The lowest BCUT2D eigenvalue weighted by atomic mass is 10.0. The maximum absolute atomic E-state index is 12.8. The predicted molar refractivity (Wildman–Crippen MR) is 136 cm³/mol. The Bertz CT molecular complexity index is 1160. The Hall–Kier alpha value is -3.37. The number of benzene rings is 2. The van der Waals surface area contributed by atoms with Crippen molar-refractivity contribution < 1.29 is 14.3 Å². The first kappa shape index (κ1) is 24.7. The number of methoxy groups -OCH3 is 1. The fourth-order valence-electron chi connectivity index (χ4n) is 4.00. The largest absolute Gasteiger partial charge is 0.497 e. The molecule has 0 aliphatic carbocycles. The zero-order chi connectivity index (χ0) is 24.6. The first-order valence-electron chi connectivity index (χ1n) is 11.5. The Labute approximate surface area is 209 Å². The second-order valence-corrected chi connectivity index (χ2v) is 9.46. The molecule has 3 aromatic rings. The van der Waals surface area contributed by atoms with E-state index in [0.717, 1.165) is 38.2 Å². The third-order valence-electron chi connectivity index (χ3n) is 5.87. The van der Waals surface area contributed by atoms with Crippen molar-refractivity contribution in [3.05, 3.63) is 66.0 Å². The molecule has 1 saturated heterocycles. The molecule has 0 atom stereocenters. The minimum atomic E-state index is -0.168. The van der Waals surface area contributed by atoms with E-state index in [0.29, 0.717) is 16.4 Å². The number of carbonyl (C=O) groups excluding carboxylic acids is 2. The third kappa shape index (κ3) is 7.06. The number of hydrogen-bond acceptors (Lipinski definition) is 7. The molecule has 2 aromatic carbocycles. The summed E-state index contributed by atoms with van der Waals surface area (Å²) in [4.78, 5) is 27.5. The Morgan fingerprint density at radius 2 is 1.94 bits per heavy atom. The van der Waals surface area contributed by atoms with Crippen molar-refractivity contribution in [3.8, 4) is 5.75 Å². The number of aryl methyl sites for hydroxylation is 1. The lowest BCUT2D eigenvalue weighted by molar-refractivity contribution is -0.113. The normalized spacial score (nSPS) is 14.5. The molecule has 0 unspecified atom stereocenters. The molecule has 2 heterocycles. The van der Waals surface area contributed by atoms with Gasteiger partial charge in [0.1, 0.15) is 12.1 Å². The number of anilines is 1. The van der Waals surface area contributed by atoms with E-state index < -0.39 is 0 Å². The van der Waals surface area contributed by atoms with Crippen LogP contribution in [0.2, 0.25) is 0 Å². The lowest BCUT2D eigenvalue weighted by Crippen LogP contribution is -2.44. The van der Waals surface area contributed by atoms with Crippen LogP contribution in [0.15, 0.2) is 60.0 Å². The fourth-order valence-corrected chi connectivity index (χ4v) is 4.69. The van der Waals surface area contributed by atoms with E-state index in [1.54, 1.807) is 42.3 Å². The molecule has 1 aliphatic rings. The summed E-state index contributed by atoms with van der Waals surface area (Å²) in [6, 6.07) is 15.3. The van der Waals surface area contributed by atoms with Crippen LogP contribution in [0.4, 0.5) is 5.69 Å². The highest BCUT2D eigenvalue weighted by molar-refractivity contribution is 7.99. The summed E-state index contributed by atoms with van der Waals surface area (Å²) in [6.45, 7) is 2.71. The first-order valence-corrected chi connectivity index (χ1v) is 12.5. The number of nitrogens with zero attached hydrogens (tertiary/aromatic N) is 4. The summed E-state index contributed by atoms with van der Waals surface area (Å²) < 4.78 is 7.07. The number of thioether (sulfide) groups is 1. The SMILES string of the molecule is COc1cccc(CN2CCC(NC(=O)c3cccc(NC(=O)CSc4nncn4C)c3)CC2)c1. The quantitative estimate of drug-likeness (QED) is 0.441. The second-order valence-electron chi connectivity index (χ2n) is 8.52. The fraction of sp³-hybridized carbons (Fsp3) is 0.360. The van der Waals surface area contributed by atoms with Crippen molar-refractivity contribution in [2.75, 3.05) is 31.3 Å². The van der Waals surface area contributed by atoms with Gasteiger partial charge in [-0.1, -0.05) is 30.0 Å². The molecule has 9 nitrogen and oxygen atoms in total. The Kier molecular flexibility index (Phi) is 8.38. The predicted octanol–water partition coefficient (Wildman–Crippen LogP) is 2.95. The van der Waals surface area contributed by atoms with Gasteiger partial charge in [-0.15, -0.1) is 10.2 Å². The summed E-state index contributed by atoms with van der Waals surface area (Å²) in [5.74, 6) is 0.782. The molecule has 4 rings (SSSR count). The maximum Gasteiger partial charge on any atom is 0.251 e. The van der Waals surface area contributed by atoms with E-state index >= 15 is 0 Å². The van der Waals surface area contributed by atoms with Gasteiger partial charge in [0.2, 0.25) is 5.91 Å². The zero-order valence-electron chi connectivity index (χ0n) is 19.9. The number of likely N-dealkylation sites (tertiary alicyclic amines) is 1. The van der Waals surface area contributed by atoms with Crippen molar-refractivity contribution in [3.63, 3.8) is 0 Å². The molecule has 2 amide bonds. The van der Waals surface area contributed by atoms with Crippen LogP contribution in [0.5, 0.6) is 5.75 Å². The van der Waals surface area contributed by atoms with Gasteiger partial charge in [-0.25, -0.2) is 0 Å². The molecule has 0 bridgehead atoms. The molecule has 0 radical (unpaired) electrons. The molecule has 2 N–H and O–H groups in total. The van der Waals surface area contributed by atoms with Gasteiger partial charge < -0.3 is 19.9 Å². The van der Waals surface area contributed by atoms with Crippen molar-refractivity contribution >= 4 is 29.3 Å². The van der Waals surface area contributed by atoms with Crippen LogP contribution in [0.3, 0.4) is 0 Å². The van der Waals surface area contributed by atoms with E-state index in [4.69, 9.17) is 4.74 Å². The average molecular weight is 495 g/mol. The number of ether oxygens (including phenoxy) is 1. The Morgan fingerprint density at radius 1 is 1.14 bits per heavy atom. The smallest absolute Gasteiger partial charge is 0.251 e. The van der Waals surface area contributed by atoms with Crippen LogP contribution in [-0.4, -0.2) is 63.5 Å². The highest BCUT2D eigenvalue weighted by Gasteiger charge is 2.21. The third-order valence-corrected chi connectivity index (χ3v) is 6.91. The molecular formula is C25H30N6O3S. The van der Waals surface area contributed by atoms with Crippen LogP contribution in [0.25, 0.3) is 0 Å². The van der Waals surface area contributed by atoms with Crippen molar-refractivity contribution in [1.82, 2.24) is 25.0 Å². The van der Waals surface area contributed by atoms with Crippen LogP contribution < -0.4 is 15.4 Å². The molecule has 10 heteroatoms. The van der Waals surface area contributed by atoms with Crippen LogP contribution >= 0.6 is 11.8 Å². The van der Waals surface area contributed by atoms with Gasteiger partial charge in [0.15, 0.2) is 5.16 Å². The van der Waals surface area contributed by atoms with Crippen molar-refractivity contribution in [1.29, 1.82) is 0 Å². The van der Waals surface area contributed by atoms with Gasteiger partial charge >= 0.3 is 0 Å². The number of amides is 2. The molecule has 1 fully saturated rings. The number of aromatic nitrogens is 3. The maximum atomic E-state index is 12.8. The second kappa shape index (κ2) is 11.9. The van der Waals surface area contributed by atoms with Gasteiger partial charge in [0, 0.05) is 44.0 Å². The molecule has 184 valence electrons. The Balaban J connectivity index is 1.23. The van der Waals surface area contributed by atoms with E-state index in [1.165, 1.54) is 17.3 Å². The molecule has 0 spiro atoms. The molecule has 0 saturated carbocycles. The van der Waals surface area contributed by atoms with Gasteiger partial charge in [-0.2, -0.15) is 0 Å². The topological polar surface area (TPSA) is 101 Å². The summed E-state index contributed by atoms with van der Waals surface area (Å²) >= 11 is 1.30. The van der Waals surface area contributed by atoms with E-state index in [-0.39, 0.29) is 23.6 Å². The van der Waals surface area contributed by atoms with Gasteiger partial charge in [0.05, 0.1) is 12.9 Å². The summed E-state index contributed by atoms with van der Waals surface area (Å²) in [5, 5.41) is 14.4. The Morgan fingerprint density at radius 3 is 2.69 bits per heavy atom. The zero-order valence-corrected chi connectivity index (χ0v) is 20.8. The van der Waals surface area contributed by atoms with Gasteiger partial charge in [0.25, 0.3) is 5.91 Å².